The fourth-order valence-electron chi connectivity index (χ4n) is 4.22. The van der Waals surface area contributed by atoms with Crippen molar-refractivity contribution < 1.29 is 9.53 Å². The number of nitrogens with zero attached hydrogens (tertiary/aromatic N) is 2. The lowest BCUT2D eigenvalue weighted by atomic mass is 10.00. The molecule has 2 aliphatic rings. The second kappa shape index (κ2) is 7.50. The van der Waals surface area contributed by atoms with E-state index in [9.17, 15) is 4.79 Å². The topological polar surface area (TPSA) is 32.8 Å². The molecular formula is C22H26N2O2. The van der Waals surface area contributed by atoms with Crippen LogP contribution in [0.4, 0.5) is 0 Å². The van der Waals surface area contributed by atoms with Crippen LogP contribution in [0.2, 0.25) is 0 Å². The molecule has 1 amide bonds. The van der Waals surface area contributed by atoms with E-state index in [1.54, 1.807) is 7.11 Å². The first-order chi connectivity index (χ1) is 12.7. The van der Waals surface area contributed by atoms with E-state index in [2.05, 4.69) is 41.3 Å². The Kier molecular flexibility index (Phi) is 4.93. The minimum absolute atomic E-state index is 0.245. The lowest BCUT2D eigenvalue weighted by molar-refractivity contribution is -0.133. The summed E-state index contributed by atoms with van der Waals surface area (Å²) in [6.07, 6.45) is 3.20. The zero-order valence-electron chi connectivity index (χ0n) is 15.4. The van der Waals surface area contributed by atoms with E-state index in [1.807, 2.05) is 17.0 Å². The fraction of sp³-hybridized carbons (Fsp3) is 0.409. The van der Waals surface area contributed by atoms with Crippen LogP contribution in [-0.2, 0) is 17.8 Å². The molecule has 0 bridgehead atoms. The van der Waals surface area contributed by atoms with Gasteiger partial charge in [0.2, 0.25) is 5.91 Å². The van der Waals surface area contributed by atoms with Crippen LogP contribution in [0.3, 0.4) is 0 Å². The maximum Gasteiger partial charge on any atom is 0.237 e. The summed E-state index contributed by atoms with van der Waals surface area (Å²) >= 11 is 0. The van der Waals surface area contributed by atoms with Crippen LogP contribution in [-0.4, -0.2) is 42.5 Å². The van der Waals surface area contributed by atoms with E-state index in [0.717, 1.165) is 44.6 Å². The second-order valence-electron chi connectivity index (χ2n) is 7.24. The zero-order chi connectivity index (χ0) is 17.9. The Bertz CT molecular complexity index is 789. The Morgan fingerprint density at radius 3 is 2.81 bits per heavy atom. The number of amides is 1. The summed E-state index contributed by atoms with van der Waals surface area (Å²) in [5.74, 6) is 1.13. The van der Waals surface area contributed by atoms with E-state index >= 15 is 0 Å². The van der Waals surface area contributed by atoms with Gasteiger partial charge in [0.15, 0.2) is 0 Å². The van der Waals surface area contributed by atoms with Gasteiger partial charge in [-0.15, -0.1) is 0 Å². The first kappa shape index (κ1) is 17.1. The predicted molar refractivity (Wildman–Crippen MR) is 102 cm³/mol. The minimum Gasteiger partial charge on any atom is -0.497 e. The Morgan fingerprint density at radius 2 is 1.96 bits per heavy atom. The average molecular weight is 350 g/mol. The fourth-order valence-corrected chi connectivity index (χ4v) is 4.22. The number of benzene rings is 2. The summed E-state index contributed by atoms with van der Waals surface area (Å²) in [6, 6.07) is 17.0. The van der Waals surface area contributed by atoms with Gasteiger partial charge in [-0.3, -0.25) is 9.69 Å². The third-order valence-corrected chi connectivity index (χ3v) is 5.66. The van der Waals surface area contributed by atoms with Crippen LogP contribution < -0.4 is 4.74 Å². The van der Waals surface area contributed by atoms with Crippen molar-refractivity contribution >= 4 is 5.91 Å². The average Bonchev–Trinajstić information content (AvgIpc) is 3.15. The molecule has 2 aromatic rings. The normalized spacial score (nSPS) is 20.0. The highest BCUT2D eigenvalue weighted by Crippen LogP contribution is 2.33. The zero-order valence-corrected chi connectivity index (χ0v) is 15.4. The van der Waals surface area contributed by atoms with E-state index in [1.165, 1.54) is 16.7 Å². The van der Waals surface area contributed by atoms with Crippen molar-refractivity contribution in [3.8, 4) is 5.75 Å². The number of ether oxygens (including phenoxy) is 1. The Labute approximate surface area is 155 Å². The first-order valence-electron chi connectivity index (χ1n) is 9.47. The number of hydrogen-bond acceptors (Lipinski definition) is 3. The lowest BCUT2D eigenvalue weighted by Crippen LogP contribution is -2.42. The van der Waals surface area contributed by atoms with Crippen molar-refractivity contribution in [3.05, 3.63) is 65.2 Å². The maximum absolute atomic E-state index is 12.9. The molecule has 2 heterocycles. The molecular weight excluding hydrogens is 324 g/mol. The van der Waals surface area contributed by atoms with Crippen LogP contribution in [0.5, 0.6) is 5.75 Å². The van der Waals surface area contributed by atoms with Gasteiger partial charge in [0, 0.05) is 19.1 Å². The third kappa shape index (κ3) is 3.47. The summed E-state index contributed by atoms with van der Waals surface area (Å²) in [5.41, 5.74) is 3.92. The summed E-state index contributed by atoms with van der Waals surface area (Å²) in [6.45, 7) is 3.06. The van der Waals surface area contributed by atoms with Crippen molar-refractivity contribution in [2.24, 2.45) is 0 Å². The first-order valence-corrected chi connectivity index (χ1v) is 9.47. The molecule has 0 N–H and O–H groups in total. The third-order valence-electron chi connectivity index (χ3n) is 5.66. The number of likely N-dealkylation sites (tertiary alicyclic amines) is 1. The van der Waals surface area contributed by atoms with Crippen molar-refractivity contribution in [3.63, 3.8) is 0 Å². The molecule has 26 heavy (non-hydrogen) atoms. The molecule has 2 aliphatic heterocycles. The summed E-state index contributed by atoms with van der Waals surface area (Å²) in [7, 11) is 1.70. The molecule has 1 saturated heterocycles. The smallest absolute Gasteiger partial charge is 0.237 e. The molecule has 0 saturated carbocycles. The molecule has 0 aliphatic carbocycles. The highest BCUT2D eigenvalue weighted by molar-refractivity contribution is 5.78. The van der Waals surface area contributed by atoms with Crippen LogP contribution in [0.1, 0.15) is 35.6 Å². The van der Waals surface area contributed by atoms with Crippen molar-refractivity contribution in [1.82, 2.24) is 9.80 Å². The molecule has 2 aromatic carbocycles. The second-order valence-corrected chi connectivity index (χ2v) is 7.24. The minimum atomic E-state index is 0.245. The van der Waals surface area contributed by atoms with Crippen LogP contribution in [0.15, 0.2) is 48.5 Å². The van der Waals surface area contributed by atoms with Gasteiger partial charge in [-0.1, -0.05) is 36.4 Å². The molecule has 4 rings (SSSR count). The standard InChI is InChI=1S/C22H26N2O2/c1-26-20-9-4-8-18(14-20)21-10-5-12-23(21)16-22(25)24-13-11-17-6-2-3-7-19(17)15-24/h2-4,6-9,14,21H,5,10-13,15-16H2,1H3. The molecule has 0 radical (unpaired) electrons. The maximum atomic E-state index is 12.9. The molecule has 1 unspecified atom stereocenters. The quantitative estimate of drug-likeness (QED) is 0.847. The highest BCUT2D eigenvalue weighted by Gasteiger charge is 2.30. The number of fused-ring (bicyclic) bond motifs is 1. The highest BCUT2D eigenvalue weighted by atomic mass is 16.5. The number of carbonyl (C=O) groups excluding carboxylic acids is 1. The van der Waals surface area contributed by atoms with E-state index < -0.39 is 0 Å². The number of methoxy groups -OCH3 is 1. The van der Waals surface area contributed by atoms with Gasteiger partial charge in [0.25, 0.3) is 0 Å². The molecule has 1 atom stereocenters. The Balaban J connectivity index is 1.44. The monoisotopic (exact) mass is 350 g/mol. The van der Waals surface area contributed by atoms with Crippen LogP contribution >= 0.6 is 0 Å². The number of carbonyl (C=O) groups is 1. The van der Waals surface area contributed by atoms with Crippen molar-refractivity contribution in [2.75, 3.05) is 26.7 Å². The SMILES string of the molecule is COc1cccc(C2CCCN2CC(=O)N2CCc3ccccc3C2)c1. The van der Waals surface area contributed by atoms with Crippen molar-refractivity contribution in [1.29, 1.82) is 0 Å². The lowest BCUT2D eigenvalue weighted by Gasteiger charge is -2.32. The van der Waals surface area contributed by atoms with E-state index in [-0.39, 0.29) is 5.91 Å². The number of rotatable bonds is 4. The molecule has 4 heteroatoms. The van der Waals surface area contributed by atoms with Gasteiger partial charge in [0.05, 0.1) is 13.7 Å². The molecule has 0 spiro atoms. The molecule has 1 fully saturated rings. The van der Waals surface area contributed by atoms with Crippen molar-refractivity contribution in [2.45, 2.75) is 31.8 Å². The van der Waals surface area contributed by atoms with Gasteiger partial charge >= 0.3 is 0 Å². The summed E-state index contributed by atoms with van der Waals surface area (Å²) in [5, 5.41) is 0. The summed E-state index contributed by atoms with van der Waals surface area (Å²) in [4.78, 5) is 17.3. The predicted octanol–water partition coefficient (Wildman–Crippen LogP) is 3.42. The van der Waals surface area contributed by atoms with Crippen LogP contribution in [0.25, 0.3) is 0 Å². The van der Waals surface area contributed by atoms with E-state index in [4.69, 9.17) is 4.74 Å². The Hall–Kier alpha value is -2.33. The number of hydrogen-bond donors (Lipinski definition) is 0. The van der Waals surface area contributed by atoms with Gasteiger partial charge < -0.3 is 9.64 Å². The van der Waals surface area contributed by atoms with E-state index in [0.29, 0.717) is 12.6 Å². The molecule has 136 valence electrons. The van der Waals surface area contributed by atoms with Gasteiger partial charge in [-0.25, -0.2) is 0 Å². The van der Waals surface area contributed by atoms with Gasteiger partial charge in [0.1, 0.15) is 5.75 Å². The van der Waals surface area contributed by atoms with Gasteiger partial charge in [-0.2, -0.15) is 0 Å². The van der Waals surface area contributed by atoms with Gasteiger partial charge in [-0.05, 0) is 54.6 Å². The molecule has 0 aromatic heterocycles. The van der Waals surface area contributed by atoms with Crippen LogP contribution in [0, 0.1) is 0 Å². The largest absolute Gasteiger partial charge is 0.497 e. The Morgan fingerprint density at radius 1 is 1.12 bits per heavy atom. The summed E-state index contributed by atoms with van der Waals surface area (Å²) < 4.78 is 5.37. The molecule has 4 nitrogen and oxygen atoms in total.